The molecule has 0 spiro atoms. The third-order valence-electron chi connectivity index (χ3n) is 8.81. The molecule has 4 heterocycles. The first-order valence-corrected chi connectivity index (χ1v) is 15.0. The van der Waals surface area contributed by atoms with Crippen LogP contribution in [0.15, 0.2) is 45.6 Å². The Hall–Kier alpha value is -3.44. The topological polar surface area (TPSA) is 97.1 Å². The largest absolute Gasteiger partial charge is 0.334 e. The normalized spacial score (nSPS) is 21.6. The Balaban J connectivity index is 1.19. The molecule has 1 amide bonds. The summed E-state index contributed by atoms with van der Waals surface area (Å²) in [4.78, 5) is 29.7. The van der Waals surface area contributed by atoms with Crippen LogP contribution < -0.4 is 16.2 Å². The summed E-state index contributed by atoms with van der Waals surface area (Å²) in [5, 5.41) is 14.6. The van der Waals surface area contributed by atoms with E-state index in [0.717, 1.165) is 31.7 Å². The van der Waals surface area contributed by atoms with Crippen molar-refractivity contribution in [3.05, 3.63) is 62.7 Å². The Kier molecular flexibility index (Phi) is 7.05. The number of nitrogens with one attached hydrogen (secondary N) is 2. The zero-order chi connectivity index (χ0) is 29.1. The summed E-state index contributed by atoms with van der Waals surface area (Å²) < 4.78 is 17.9. The van der Waals surface area contributed by atoms with Crippen LogP contribution in [-0.4, -0.2) is 48.7 Å². The summed E-state index contributed by atoms with van der Waals surface area (Å²) in [6, 6.07) is 8.06. The van der Waals surface area contributed by atoms with Crippen molar-refractivity contribution < 1.29 is 9.18 Å². The maximum atomic E-state index is 14.9. The van der Waals surface area contributed by atoms with Crippen molar-refractivity contribution in [2.24, 2.45) is 25.4 Å². The number of halogens is 1. The number of aryl methyl sites for hydroxylation is 2. The molecule has 1 unspecified atom stereocenters. The molecular weight excluding hydrogens is 541 g/mol. The Bertz CT molecular complexity index is 1620. The van der Waals surface area contributed by atoms with Gasteiger partial charge in [0.1, 0.15) is 11.5 Å². The number of anilines is 3. The van der Waals surface area contributed by atoms with Crippen molar-refractivity contribution in [2.45, 2.75) is 51.8 Å². The summed E-state index contributed by atoms with van der Waals surface area (Å²) >= 11 is 1.61. The molecule has 0 bridgehead atoms. The van der Waals surface area contributed by atoms with E-state index in [2.05, 4.69) is 46.5 Å². The van der Waals surface area contributed by atoms with Gasteiger partial charge in [0.15, 0.2) is 5.82 Å². The highest BCUT2D eigenvalue weighted by atomic mass is 32.2. The molecule has 1 aliphatic carbocycles. The zero-order valence-electron chi connectivity index (χ0n) is 24.1. The van der Waals surface area contributed by atoms with Gasteiger partial charge >= 0.3 is 0 Å². The highest BCUT2D eigenvalue weighted by Gasteiger charge is 2.44. The first-order chi connectivity index (χ1) is 19.5. The number of allylic oxidation sites excluding steroid dienone is 2. The van der Waals surface area contributed by atoms with E-state index in [4.69, 9.17) is 0 Å². The average Bonchev–Trinajstić information content (AvgIpc) is 3.52. The van der Waals surface area contributed by atoms with E-state index in [0.29, 0.717) is 35.1 Å². The van der Waals surface area contributed by atoms with Crippen LogP contribution in [0.1, 0.15) is 45.7 Å². The minimum atomic E-state index is -0.522. The average molecular weight is 578 g/mol. The van der Waals surface area contributed by atoms with E-state index in [1.165, 1.54) is 27.6 Å². The van der Waals surface area contributed by atoms with Gasteiger partial charge in [-0.05, 0) is 72.9 Å². The molecule has 2 aromatic heterocycles. The molecule has 1 fully saturated rings. The fraction of sp³-hybridized carbons (Fsp3) is 0.467. The highest BCUT2D eigenvalue weighted by molar-refractivity contribution is 8.04. The number of aromatic nitrogens is 4. The maximum absolute atomic E-state index is 14.9. The molecule has 2 aliphatic heterocycles. The van der Waals surface area contributed by atoms with Crippen molar-refractivity contribution >= 4 is 34.9 Å². The van der Waals surface area contributed by atoms with Crippen LogP contribution in [0.3, 0.4) is 0 Å². The van der Waals surface area contributed by atoms with E-state index < -0.39 is 5.82 Å². The molecule has 216 valence electrons. The predicted molar refractivity (Wildman–Crippen MR) is 160 cm³/mol. The van der Waals surface area contributed by atoms with Crippen LogP contribution >= 0.6 is 11.8 Å². The molecule has 3 aliphatic rings. The number of hydrogen-bond acceptors (Lipinski definition) is 7. The molecule has 0 saturated carbocycles. The van der Waals surface area contributed by atoms with E-state index >= 15 is 0 Å². The molecule has 1 aromatic carbocycles. The number of carbonyl (C=O) groups is 1. The van der Waals surface area contributed by atoms with E-state index in [-0.39, 0.29) is 27.8 Å². The number of hydrogen-bond donors (Lipinski definition) is 2. The quantitative estimate of drug-likeness (QED) is 0.406. The van der Waals surface area contributed by atoms with Crippen LogP contribution in [0, 0.1) is 17.2 Å². The second-order valence-electron chi connectivity index (χ2n) is 12.1. The predicted octanol–water partition coefficient (Wildman–Crippen LogP) is 5.03. The molecule has 6 rings (SSSR count). The molecule has 2 N–H and O–H groups in total. The van der Waals surface area contributed by atoms with E-state index in [1.807, 2.05) is 17.8 Å². The first-order valence-electron chi connectivity index (χ1n) is 14.1. The lowest BCUT2D eigenvalue weighted by molar-refractivity contribution is -0.115. The highest BCUT2D eigenvalue weighted by Crippen LogP contribution is 2.56. The lowest BCUT2D eigenvalue weighted by Crippen LogP contribution is -2.36. The Morgan fingerprint density at radius 2 is 1.90 bits per heavy atom. The molecule has 1 saturated heterocycles. The van der Waals surface area contributed by atoms with Crippen molar-refractivity contribution in [1.29, 1.82) is 0 Å². The monoisotopic (exact) mass is 577 g/mol. The summed E-state index contributed by atoms with van der Waals surface area (Å²) in [5.41, 5.74) is 3.77. The van der Waals surface area contributed by atoms with Gasteiger partial charge in [0.25, 0.3) is 5.56 Å². The fourth-order valence-electron chi connectivity index (χ4n) is 5.82. The summed E-state index contributed by atoms with van der Waals surface area (Å²) in [6.07, 6.45) is 2.89. The zero-order valence-corrected chi connectivity index (χ0v) is 24.9. The number of amides is 1. The molecular formula is C30H36FN7O2S. The van der Waals surface area contributed by atoms with Crippen LogP contribution in [0.25, 0.3) is 11.3 Å². The maximum Gasteiger partial charge on any atom is 0.290 e. The van der Waals surface area contributed by atoms with Gasteiger partial charge in [-0.25, -0.2) is 9.07 Å². The van der Waals surface area contributed by atoms with Gasteiger partial charge in [0, 0.05) is 32.3 Å². The number of thioether (sulfide) groups is 1. The molecule has 9 nitrogen and oxygen atoms in total. The number of benzene rings is 1. The Morgan fingerprint density at radius 3 is 2.61 bits per heavy atom. The standard InChI is InChI=1S/C30H36FN7O2S/c1-17-20-13-25(41-26(20)15-30(17,2)3)28(39)33-23-11-18(7-8-21(23)31)22-14-24(29(40)37(5)34-22)32-27-12-19(36(4)35-27)16-38-9-6-10-38/h7-8,11-12,14,17,25H,6,9-10,13,15-16H2,1-5H3,(H,32,35)(H,33,39)/t17-,25?/m1/s1. The van der Waals surface area contributed by atoms with Crippen molar-refractivity contribution in [3.8, 4) is 11.3 Å². The first kappa shape index (κ1) is 27.7. The number of rotatable bonds is 7. The van der Waals surface area contributed by atoms with Gasteiger partial charge in [-0.3, -0.25) is 19.2 Å². The number of carbonyl (C=O) groups excluding carboxylic acids is 1. The van der Waals surface area contributed by atoms with Crippen LogP contribution in [0.4, 0.5) is 21.6 Å². The van der Waals surface area contributed by atoms with Crippen molar-refractivity contribution in [3.63, 3.8) is 0 Å². The van der Waals surface area contributed by atoms with Crippen LogP contribution in [0.5, 0.6) is 0 Å². The van der Waals surface area contributed by atoms with Gasteiger partial charge in [0.2, 0.25) is 5.91 Å². The van der Waals surface area contributed by atoms with Gasteiger partial charge in [-0.1, -0.05) is 26.3 Å². The summed E-state index contributed by atoms with van der Waals surface area (Å²) in [5.74, 6) is 0.271. The lowest BCUT2D eigenvalue weighted by atomic mass is 9.79. The van der Waals surface area contributed by atoms with Gasteiger partial charge in [-0.2, -0.15) is 10.2 Å². The number of likely N-dealkylation sites (tertiary alicyclic amines) is 1. The van der Waals surface area contributed by atoms with Gasteiger partial charge < -0.3 is 10.6 Å². The third kappa shape index (κ3) is 5.32. The third-order valence-corrected chi connectivity index (χ3v) is 10.2. The van der Waals surface area contributed by atoms with Crippen molar-refractivity contribution in [2.75, 3.05) is 23.7 Å². The number of nitrogens with zero attached hydrogens (tertiary/aromatic N) is 5. The SMILES string of the molecule is C[C@@H]1C2=C(CC1(C)C)SC(C(=O)Nc1cc(-c3cc(Nc4cc(CN5CCC5)n(C)n4)c(=O)n(C)n3)ccc1F)C2. The molecule has 11 heteroatoms. The minimum absolute atomic E-state index is 0.0964. The summed E-state index contributed by atoms with van der Waals surface area (Å²) in [6.45, 7) is 9.74. The van der Waals surface area contributed by atoms with Crippen LogP contribution in [-0.2, 0) is 25.4 Å². The van der Waals surface area contributed by atoms with E-state index in [9.17, 15) is 14.0 Å². The van der Waals surface area contributed by atoms with Gasteiger partial charge in [0.05, 0.1) is 22.3 Å². The van der Waals surface area contributed by atoms with Crippen LogP contribution in [0.2, 0.25) is 0 Å². The fourth-order valence-corrected chi connectivity index (χ4v) is 7.45. The Labute approximate surface area is 243 Å². The van der Waals surface area contributed by atoms with Gasteiger partial charge in [-0.15, -0.1) is 11.8 Å². The molecule has 41 heavy (non-hydrogen) atoms. The lowest BCUT2D eigenvalue weighted by Gasteiger charge is -2.30. The smallest absolute Gasteiger partial charge is 0.290 e. The second kappa shape index (κ2) is 10.4. The molecule has 3 aromatic rings. The molecule has 0 radical (unpaired) electrons. The second-order valence-corrected chi connectivity index (χ2v) is 13.4. The van der Waals surface area contributed by atoms with E-state index in [1.54, 1.807) is 37.0 Å². The van der Waals surface area contributed by atoms with Crippen molar-refractivity contribution in [1.82, 2.24) is 24.5 Å². The summed E-state index contributed by atoms with van der Waals surface area (Å²) in [7, 11) is 3.46. The molecule has 2 atom stereocenters. The minimum Gasteiger partial charge on any atom is -0.334 e. The Morgan fingerprint density at radius 1 is 1.12 bits per heavy atom.